The number of hydrogen-bond donors (Lipinski definition) is 12. The van der Waals surface area contributed by atoms with E-state index in [4.69, 9.17) is 17.2 Å². The molecular weight excluding hydrogens is 806 g/mol. The van der Waals surface area contributed by atoms with Gasteiger partial charge in [0.05, 0.1) is 31.7 Å². The van der Waals surface area contributed by atoms with E-state index in [-0.39, 0.29) is 25.3 Å². The normalized spacial score (nSPS) is 17.9. The van der Waals surface area contributed by atoms with Gasteiger partial charge in [0, 0.05) is 13.0 Å². The number of aliphatic hydroxyl groups excluding tert-OH is 1. The van der Waals surface area contributed by atoms with Crippen molar-refractivity contribution < 1.29 is 63.0 Å². The van der Waals surface area contributed by atoms with Crippen LogP contribution in [-0.2, 0) is 52.7 Å². The molecule has 1 aliphatic heterocycles. The first-order valence-electron chi connectivity index (χ1n) is 20.0. The van der Waals surface area contributed by atoms with Crippen LogP contribution in [0.3, 0.4) is 0 Å². The average molecular weight is 870 g/mol. The van der Waals surface area contributed by atoms with Gasteiger partial charge in [0.15, 0.2) is 0 Å². The smallest absolute Gasteiger partial charge is 0.326 e. The van der Waals surface area contributed by atoms with Crippen molar-refractivity contribution in [1.82, 2.24) is 42.1 Å². The zero-order valence-corrected chi connectivity index (χ0v) is 35.4. The van der Waals surface area contributed by atoms with Crippen molar-refractivity contribution in [3.63, 3.8) is 0 Å². The fourth-order valence-electron chi connectivity index (χ4n) is 6.00. The highest BCUT2D eigenvalue weighted by Gasteiger charge is 2.41. The number of carboxylic acids is 1. The summed E-state index contributed by atoms with van der Waals surface area (Å²) >= 11 is 0. The molecule has 0 unspecified atom stereocenters. The summed E-state index contributed by atoms with van der Waals surface area (Å²) in [6.07, 6.45) is -1.50. The monoisotopic (exact) mass is 869 g/mol. The van der Waals surface area contributed by atoms with E-state index < -0.39 is 145 Å². The van der Waals surface area contributed by atoms with Crippen molar-refractivity contribution >= 4 is 65.0 Å². The predicted molar refractivity (Wildman–Crippen MR) is 215 cm³/mol. The third-order valence-electron chi connectivity index (χ3n) is 10.2. The first-order chi connectivity index (χ1) is 28.4. The molecule has 0 saturated carbocycles. The van der Waals surface area contributed by atoms with Crippen molar-refractivity contribution in [3.8, 4) is 0 Å². The van der Waals surface area contributed by atoms with Crippen LogP contribution in [0, 0.1) is 11.8 Å². The first kappa shape index (κ1) is 53.1. The molecule has 61 heavy (non-hydrogen) atoms. The summed E-state index contributed by atoms with van der Waals surface area (Å²) in [5.74, 6) is -10.5. The fourth-order valence-corrected chi connectivity index (χ4v) is 6.00. The molecule has 10 amide bonds. The molecule has 0 aromatic rings. The van der Waals surface area contributed by atoms with Crippen LogP contribution >= 0.6 is 0 Å². The quantitative estimate of drug-likeness (QED) is 0.0387. The van der Waals surface area contributed by atoms with Crippen molar-refractivity contribution in [2.45, 2.75) is 135 Å². The fraction of sp³-hybridized carbons (Fsp3) is 0.703. The SMILES string of the molecule is CC[C@H](C)[C@H](N)C(=O)NCC(=O)N[C@H](C(=O)NCC(=O)N[C@H](C(=O)N1CCC[C@H]1C(=O)N[C@@H](CCC(N)=O)C(=O)N[C@@H](C)C(=O)N[C@@H](CC(N)=O)C(=O)O)[C@@H](C)O)[C@@H](C)CC. The van der Waals surface area contributed by atoms with Gasteiger partial charge in [-0.1, -0.05) is 40.5 Å². The van der Waals surface area contributed by atoms with Gasteiger partial charge in [0.2, 0.25) is 59.1 Å². The summed E-state index contributed by atoms with van der Waals surface area (Å²) in [5, 5.41) is 36.3. The molecule has 344 valence electrons. The van der Waals surface area contributed by atoms with Gasteiger partial charge in [-0.05, 0) is 44.9 Å². The third kappa shape index (κ3) is 17.7. The average Bonchev–Trinajstić information content (AvgIpc) is 3.70. The van der Waals surface area contributed by atoms with E-state index >= 15 is 0 Å². The summed E-state index contributed by atoms with van der Waals surface area (Å²) in [7, 11) is 0. The Kier molecular flexibility index (Phi) is 22.3. The van der Waals surface area contributed by atoms with Crippen LogP contribution in [0.25, 0.3) is 0 Å². The molecule has 0 radical (unpaired) electrons. The van der Waals surface area contributed by atoms with Crippen LogP contribution in [0.1, 0.15) is 86.5 Å². The number of primary amides is 2. The molecule has 10 atom stereocenters. The number of carboxylic acid groups (broad SMARTS) is 1. The number of carbonyl (C=O) groups excluding carboxylic acids is 10. The molecule has 0 spiro atoms. The second-order valence-electron chi connectivity index (χ2n) is 15.1. The molecule has 1 rings (SSSR count). The maximum absolute atomic E-state index is 13.7. The van der Waals surface area contributed by atoms with Crippen LogP contribution in [-0.4, -0.2) is 148 Å². The number of nitrogens with zero attached hydrogens (tertiary/aromatic N) is 1. The van der Waals surface area contributed by atoms with Crippen molar-refractivity contribution in [2.75, 3.05) is 19.6 Å². The topological polar surface area (TPSA) is 394 Å². The Bertz CT molecular complexity index is 1630. The van der Waals surface area contributed by atoms with E-state index in [1.807, 2.05) is 6.92 Å². The number of amides is 10. The molecular formula is C37H63N11O13. The lowest BCUT2D eigenvalue weighted by Gasteiger charge is -2.31. The highest BCUT2D eigenvalue weighted by molar-refractivity contribution is 5.98. The van der Waals surface area contributed by atoms with Crippen LogP contribution in [0.5, 0.6) is 0 Å². The maximum atomic E-state index is 13.7. The Balaban J connectivity index is 3.01. The number of rotatable bonds is 26. The van der Waals surface area contributed by atoms with Crippen LogP contribution < -0.4 is 54.4 Å². The summed E-state index contributed by atoms with van der Waals surface area (Å²) in [5.41, 5.74) is 16.2. The van der Waals surface area contributed by atoms with E-state index in [1.165, 1.54) is 13.8 Å². The maximum Gasteiger partial charge on any atom is 0.326 e. The van der Waals surface area contributed by atoms with Crippen molar-refractivity contribution in [1.29, 1.82) is 0 Å². The van der Waals surface area contributed by atoms with Gasteiger partial charge in [0.25, 0.3) is 0 Å². The van der Waals surface area contributed by atoms with Crippen LogP contribution in [0.2, 0.25) is 0 Å². The summed E-state index contributed by atoms with van der Waals surface area (Å²) in [4.78, 5) is 140. The van der Waals surface area contributed by atoms with Gasteiger partial charge in [-0.2, -0.15) is 0 Å². The zero-order valence-electron chi connectivity index (χ0n) is 35.4. The molecule has 1 fully saturated rings. The number of likely N-dealkylation sites (tertiary alicyclic amines) is 1. The van der Waals surface area contributed by atoms with Gasteiger partial charge in [-0.15, -0.1) is 0 Å². The molecule has 1 aliphatic rings. The molecule has 0 aromatic heterocycles. The molecule has 0 bridgehead atoms. The number of nitrogens with one attached hydrogen (secondary N) is 7. The Hall–Kier alpha value is -5.91. The minimum atomic E-state index is -1.69. The number of hydrogen-bond acceptors (Lipinski definition) is 13. The van der Waals surface area contributed by atoms with E-state index in [2.05, 4.69) is 37.2 Å². The molecule has 1 heterocycles. The minimum Gasteiger partial charge on any atom is -0.480 e. The molecule has 0 aliphatic carbocycles. The van der Waals surface area contributed by atoms with E-state index in [9.17, 15) is 63.0 Å². The molecule has 1 saturated heterocycles. The zero-order chi connectivity index (χ0) is 46.7. The Morgan fingerprint density at radius 3 is 1.75 bits per heavy atom. The van der Waals surface area contributed by atoms with Gasteiger partial charge in [-0.3, -0.25) is 47.9 Å². The van der Waals surface area contributed by atoms with Crippen molar-refractivity contribution in [2.24, 2.45) is 29.0 Å². The van der Waals surface area contributed by atoms with Gasteiger partial charge in [0.1, 0.15) is 36.3 Å². The molecule has 15 N–H and O–H groups in total. The number of nitrogens with two attached hydrogens (primary N) is 3. The van der Waals surface area contributed by atoms with Crippen LogP contribution in [0.15, 0.2) is 0 Å². The van der Waals surface area contributed by atoms with Gasteiger partial charge >= 0.3 is 5.97 Å². The lowest BCUT2D eigenvalue weighted by Crippen LogP contribution is -2.60. The Morgan fingerprint density at radius 1 is 0.689 bits per heavy atom. The number of aliphatic hydroxyl groups is 1. The molecule has 0 aromatic carbocycles. The number of carbonyl (C=O) groups is 11. The van der Waals surface area contributed by atoms with E-state index in [0.717, 1.165) is 4.90 Å². The van der Waals surface area contributed by atoms with E-state index in [0.29, 0.717) is 19.3 Å². The standard InChI is InChI=1S/C37H63N11O13/c1-7-17(3)28(40)34(57)41-15-26(52)46-29(18(4)8-2)35(58)42-16-27(53)47-30(20(6)49)36(59)48-13-9-10-23(48)33(56)44-21(11-12-24(38)50)32(55)43-19(5)31(54)45-22(37(60)61)14-25(39)51/h17-23,28-30,49H,7-16,40H2,1-6H3,(H2,38,50)(H2,39,51)(H,41,57)(H,42,58)(H,43,55)(H,44,56)(H,45,54)(H,46,52)(H,47,53)(H,60,61)/t17-,18-,19-,20+,21-,22-,23-,28-,29-,30-/m0/s1. The van der Waals surface area contributed by atoms with Crippen molar-refractivity contribution in [3.05, 3.63) is 0 Å². The highest BCUT2D eigenvalue weighted by Crippen LogP contribution is 2.20. The van der Waals surface area contributed by atoms with E-state index in [1.54, 1.807) is 20.8 Å². The van der Waals surface area contributed by atoms with Gasteiger partial charge in [-0.25, -0.2) is 4.79 Å². The third-order valence-corrected chi connectivity index (χ3v) is 10.2. The number of aliphatic carboxylic acids is 1. The van der Waals surface area contributed by atoms with Gasteiger partial charge < -0.3 is 69.5 Å². The minimum absolute atomic E-state index is 0.00154. The highest BCUT2D eigenvalue weighted by atomic mass is 16.4. The summed E-state index contributed by atoms with van der Waals surface area (Å²) < 4.78 is 0. The molecule has 24 heteroatoms. The largest absolute Gasteiger partial charge is 0.480 e. The summed E-state index contributed by atoms with van der Waals surface area (Å²) in [6, 6.07) is -9.36. The lowest BCUT2D eigenvalue weighted by atomic mass is 9.98. The Morgan fingerprint density at radius 2 is 1.25 bits per heavy atom. The second-order valence-corrected chi connectivity index (χ2v) is 15.1. The Labute approximate surface area is 353 Å². The summed E-state index contributed by atoms with van der Waals surface area (Å²) in [6.45, 7) is 8.38. The predicted octanol–water partition coefficient (Wildman–Crippen LogP) is -5.32. The lowest BCUT2D eigenvalue weighted by molar-refractivity contribution is -0.144. The molecule has 24 nitrogen and oxygen atoms in total. The first-order valence-corrected chi connectivity index (χ1v) is 20.0. The van der Waals surface area contributed by atoms with Crippen LogP contribution in [0.4, 0.5) is 0 Å². The second kappa shape index (κ2) is 25.7.